The van der Waals surface area contributed by atoms with Crippen LogP contribution in [0, 0.1) is 5.92 Å². The van der Waals surface area contributed by atoms with E-state index in [1.807, 2.05) is 18.2 Å². The number of carboxylic acid groups (broad SMARTS) is 1. The number of fused-ring (bicyclic) bond motifs is 1. The van der Waals surface area contributed by atoms with Gasteiger partial charge in [0.05, 0.1) is 11.4 Å². The predicted octanol–water partition coefficient (Wildman–Crippen LogP) is 1.44. The molecule has 8 nitrogen and oxygen atoms in total. The predicted molar refractivity (Wildman–Crippen MR) is 108 cm³/mol. The van der Waals surface area contributed by atoms with Crippen molar-refractivity contribution in [2.24, 2.45) is 11.7 Å². The standard InChI is InChI=1S/C21H26N4O4/c22-10-2-7-17(20(27)24-16-6-1-5-15(16)21(28)29)25-19(26)14-9-8-13-4-3-11-23-18(13)12-14/h3-4,8-9,11-12,15-17H,1-2,5-7,10,22H2,(H,24,27)(H,25,26)(H,28,29)/t15-,16+,17+/m1/s1. The molecule has 1 heterocycles. The third kappa shape index (κ3) is 5.08. The molecule has 0 unspecified atom stereocenters. The molecule has 1 saturated carbocycles. The second-order valence-corrected chi connectivity index (χ2v) is 7.36. The molecule has 1 aliphatic carbocycles. The Morgan fingerprint density at radius 3 is 2.83 bits per heavy atom. The smallest absolute Gasteiger partial charge is 0.308 e. The summed E-state index contributed by atoms with van der Waals surface area (Å²) >= 11 is 0. The van der Waals surface area contributed by atoms with Gasteiger partial charge in [-0.2, -0.15) is 0 Å². The SMILES string of the molecule is NCCC[C@H](NC(=O)c1ccc2cccnc2c1)C(=O)N[C@H]1CCC[C@H]1C(=O)O. The first-order valence-electron chi connectivity index (χ1n) is 9.88. The third-order valence-corrected chi connectivity index (χ3v) is 5.35. The molecule has 2 aromatic rings. The molecule has 8 heteroatoms. The first-order chi connectivity index (χ1) is 14.0. The number of carbonyl (C=O) groups excluding carboxylic acids is 2. The van der Waals surface area contributed by atoms with E-state index in [1.165, 1.54) is 0 Å². The van der Waals surface area contributed by atoms with Gasteiger partial charge in [-0.15, -0.1) is 0 Å². The number of nitrogens with two attached hydrogens (primary N) is 1. The van der Waals surface area contributed by atoms with E-state index in [0.717, 1.165) is 11.8 Å². The Labute approximate surface area is 168 Å². The molecule has 5 N–H and O–H groups in total. The summed E-state index contributed by atoms with van der Waals surface area (Å²) in [5.41, 5.74) is 6.68. The second-order valence-electron chi connectivity index (χ2n) is 7.36. The lowest BCUT2D eigenvalue weighted by Gasteiger charge is -2.23. The second kappa shape index (κ2) is 9.47. The fourth-order valence-electron chi connectivity index (χ4n) is 3.75. The van der Waals surface area contributed by atoms with Crippen LogP contribution in [0.3, 0.4) is 0 Å². The van der Waals surface area contributed by atoms with E-state index in [0.29, 0.717) is 43.3 Å². The molecule has 1 aromatic carbocycles. The zero-order valence-corrected chi connectivity index (χ0v) is 16.1. The summed E-state index contributed by atoms with van der Waals surface area (Å²) in [6.07, 6.45) is 4.52. The normalized spacial score (nSPS) is 19.6. The van der Waals surface area contributed by atoms with Gasteiger partial charge in [0, 0.05) is 23.2 Å². The Kier molecular flexibility index (Phi) is 6.77. The number of benzene rings is 1. The van der Waals surface area contributed by atoms with Crippen LogP contribution in [-0.2, 0) is 9.59 Å². The van der Waals surface area contributed by atoms with E-state index in [2.05, 4.69) is 15.6 Å². The maximum Gasteiger partial charge on any atom is 0.308 e. The van der Waals surface area contributed by atoms with Crippen molar-refractivity contribution in [1.29, 1.82) is 0 Å². The average Bonchev–Trinajstić information content (AvgIpc) is 3.18. The molecule has 0 radical (unpaired) electrons. The molecule has 0 spiro atoms. The highest BCUT2D eigenvalue weighted by Crippen LogP contribution is 2.26. The zero-order chi connectivity index (χ0) is 20.8. The summed E-state index contributed by atoms with van der Waals surface area (Å²) in [5.74, 6) is -2.24. The summed E-state index contributed by atoms with van der Waals surface area (Å²) < 4.78 is 0. The molecule has 29 heavy (non-hydrogen) atoms. The van der Waals surface area contributed by atoms with Gasteiger partial charge >= 0.3 is 5.97 Å². The number of aliphatic carboxylic acids is 1. The van der Waals surface area contributed by atoms with Gasteiger partial charge in [0.1, 0.15) is 6.04 Å². The van der Waals surface area contributed by atoms with Gasteiger partial charge in [0.25, 0.3) is 5.91 Å². The van der Waals surface area contributed by atoms with E-state index in [9.17, 15) is 19.5 Å². The van der Waals surface area contributed by atoms with Gasteiger partial charge in [-0.25, -0.2) is 0 Å². The highest BCUT2D eigenvalue weighted by atomic mass is 16.4. The van der Waals surface area contributed by atoms with Gasteiger partial charge < -0.3 is 21.5 Å². The molecular formula is C21H26N4O4. The number of nitrogens with zero attached hydrogens (tertiary/aromatic N) is 1. The average molecular weight is 398 g/mol. The highest BCUT2D eigenvalue weighted by molar-refractivity contribution is 6.00. The Morgan fingerprint density at radius 2 is 2.07 bits per heavy atom. The van der Waals surface area contributed by atoms with Crippen LogP contribution in [0.5, 0.6) is 0 Å². The molecule has 154 valence electrons. The lowest BCUT2D eigenvalue weighted by atomic mass is 10.0. The molecule has 1 fully saturated rings. The number of rotatable bonds is 8. The van der Waals surface area contributed by atoms with E-state index < -0.39 is 24.0 Å². The monoisotopic (exact) mass is 398 g/mol. The number of carboxylic acids is 1. The molecule has 1 aromatic heterocycles. The van der Waals surface area contributed by atoms with Crippen molar-refractivity contribution >= 4 is 28.7 Å². The van der Waals surface area contributed by atoms with Crippen LogP contribution in [0.2, 0.25) is 0 Å². The quantitative estimate of drug-likeness (QED) is 0.531. The van der Waals surface area contributed by atoms with Crippen molar-refractivity contribution in [2.45, 2.75) is 44.2 Å². The highest BCUT2D eigenvalue weighted by Gasteiger charge is 2.35. The largest absolute Gasteiger partial charge is 0.481 e. The topological polar surface area (TPSA) is 134 Å². The number of nitrogens with one attached hydrogen (secondary N) is 2. The third-order valence-electron chi connectivity index (χ3n) is 5.35. The molecular weight excluding hydrogens is 372 g/mol. The van der Waals surface area contributed by atoms with Crippen LogP contribution >= 0.6 is 0 Å². The molecule has 1 aliphatic rings. The fraction of sp³-hybridized carbons (Fsp3) is 0.429. The van der Waals surface area contributed by atoms with E-state index in [-0.39, 0.29) is 11.8 Å². The van der Waals surface area contributed by atoms with E-state index in [1.54, 1.807) is 18.3 Å². The van der Waals surface area contributed by atoms with Gasteiger partial charge in [0.2, 0.25) is 5.91 Å². The Balaban J connectivity index is 1.70. The van der Waals surface area contributed by atoms with Gasteiger partial charge in [-0.3, -0.25) is 19.4 Å². The summed E-state index contributed by atoms with van der Waals surface area (Å²) in [6.45, 7) is 0.390. The maximum atomic E-state index is 12.8. The van der Waals surface area contributed by atoms with Gasteiger partial charge in [0.15, 0.2) is 0 Å². The van der Waals surface area contributed by atoms with Crippen LogP contribution in [0.1, 0.15) is 42.5 Å². The lowest BCUT2D eigenvalue weighted by molar-refractivity contribution is -0.142. The zero-order valence-electron chi connectivity index (χ0n) is 16.1. The summed E-state index contributed by atoms with van der Waals surface area (Å²) in [7, 11) is 0. The molecule has 2 amide bonds. The van der Waals surface area contributed by atoms with Crippen LogP contribution in [-0.4, -0.2) is 46.5 Å². The first kappa shape index (κ1) is 20.7. The summed E-state index contributed by atoms with van der Waals surface area (Å²) in [6, 6.07) is 7.71. The van der Waals surface area contributed by atoms with Crippen molar-refractivity contribution in [3.05, 3.63) is 42.1 Å². The Morgan fingerprint density at radius 1 is 1.24 bits per heavy atom. The number of pyridine rings is 1. The van der Waals surface area contributed by atoms with Crippen molar-refractivity contribution in [2.75, 3.05) is 6.54 Å². The number of aromatic nitrogens is 1. The number of carbonyl (C=O) groups is 3. The molecule has 0 bridgehead atoms. The Hall–Kier alpha value is -3.00. The molecule has 3 atom stereocenters. The van der Waals surface area contributed by atoms with Crippen molar-refractivity contribution in [3.63, 3.8) is 0 Å². The first-order valence-corrected chi connectivity index (χ1v) is 9.88. The number of hydrogen-bond acceptors (Lipinski definition) is 5. The lowest BCUT2D eigenvalue weighted by Crippen LogP contribution is -2.51. The summed E-state index contributed by atoms with van der Waals surface area (Å²) in [5, 5.41) is 15.8. The van der Waals surface area contributed by atoms with Crippen LogP contribution < -0.4 is 16.4 Å². The Bertz CT molecular complexity index is 901. The molecule has 0 aliphatic heterocycles. The molecule has 0 saturated heterocycles. The van der Waals surface area contributed by atoms with Gasteiger partial charge in [-0.05, 0) is 50.4 Å². The number of hydrogen-bond donors (Lipinski definition) is 4. The number of amides is 2. The van der Waals surface area contributed by atoms with Gasteiger partial charge in [-0.1, -0.05) is 18.6 Å². The van der Waals surface area contributed by atoms with Crippen molar-refractivity contribution in [3.8, 4) is 0 Å². The minimum atomic E-state index is -0.904. The van der Waals surface area contributed by atoms with Crippen LogP contribution in [0.4, 0.5) is 0 Å². The fourth-order valence-corrected chi connectivity index (χ4v) is 3.75. The summed E-state index contributed by atoms with van der Waals surface area (Å²) in [4.78, 5) is 41.1. The van der Waals surface area contributed by atoms with Crippen LogP contribution in [0.25, 0.3) is 10.9 Å². The van der Waals surface area contributed by atoms with Crippen LogP contribution in [0.15, 0.2) is 36.5 Å². The van der Waals surface area contributed by atoms with Crippen molar-refractivity contribution < 1.29 is 19.5 Å². The van der Waals surface area contributed by atoms with E-state index >= 15 is 0 Å². The minimum absolute atomic E-state index is 0.371. The van der Waals surface area contributed by atoms with E-state index in [4.69, 9.17) is 5.73 Å². The maximum absolute atomic E-state index is 12.8. The molecule has 3 rings (SSSR count). The van der Waals surface area contributed by atoms with Crippen molar-refractivity contribution in [1.82, 2.24) is 15.6 Å². The minimum Gasteiger partial charge on any atom is -0.481 e.